The molecule has 0 radical (unpaired) electrons. The van der Waals surface area contributed by atoms with E-state index in [1.54, 1.807) is 12.3 Å². The molecule has 66 valence electrons. The average molecular weight is 325 g/mol. The molecule has 0 aliphatic carbocycles. The van der Waals surface area contributed by atoms with E-state index < -0.39 is 0 Å². The van der Waals surface area contributed by atoms with Gasteiger partial charge in [0.15, 0.2) is 0 Å². The molecule has 0 amide bonds. The van der Waals surface area contributed by atoms with Crippen LogP contribution in [0.1, 0.15) is 0 Å². The van der Waals surface area contributed by atoms with E-state index in [1.165, 1.54) is 0 Å². The van der Waals surface area contributed by atoms with Gasteiger partial charge in [0.1, 0.15) is 14.0 Å². The molecule has 0 N–H and O–H groups in total. The molecule has 13 heavy (non-hydrogen) atoms. The fraction of sp³-hybridized carbons (Fsp3) is 0. The minimum absolute atomic E-state index is 0.395. The molecule has 2 nitrogen and oxygen atoms in total. The topological polar surface area (TPSA) is 25.8 Å². The lowest BCUT2D eigenvalue weighted by Crippen LogP contribution is -1.85. The molecule has 2 rings (SSSR count). The monoisotopic (exact) mass is 324 g/mol. The van der Waals surface area contributed by atoms with Gasteiger partial charge in [-0.3, -0.25) is 0 Å². The van der Waals surface area contributed by atoms with E-state index in [1.807, 2.05) is 6.07 Å². The molecule has 2 aromatic heterocycles. The summed E-state index contributed by atoms with van der Waals surface area (Å²) in [6.45, 7) is 0. The maximum Gasteiger partial charge on any atom is 0.140 e. The van der Waals surface area contributed by atoms with E-state index in [4.69, 9.17) is 23.2 Å². The van der Waals surface area contributed by atoms with Gasteiger partial charge in [-0.1, -0.05) is 23.2 Å². The number of hydrogen-bond acceptors (Lipinski definition) is 2. The molecule has 0 fully saturated rings. The van der Waals surface area contributed by atoms with Crippen molar-refractivity contribution in [3.05, 3.63) is 32.3 Å². The summed E-state index contributed by atoms with van der Waals surface area (Å²) in [5, 5.41) is 2.58. The Morgan fingerprint density at radius 3 is 2.77 bits per heavy atom. The van der Waals surface area contributed by atoms with E-state index in [9.17, 15) is 0 Å². The summed E-state index contributed by atoms with van der Waals surface area (Å²) in [5.74, 6) is 0. The average Bonchev–Trinajstić information content (AvgIpc) is 2.02. The molecule has 0 atom stereocenters. The fourth-order valence-corrected chi connectivity index (χ4v) is 2.02. The van der Waals surface area contributed by atoms with E-state index in [0.29, 0.717) is 10.3 Å². The normalized spacial score (nSPS) is 10.7. The van der Waals surface area contributed by atoms with Crippen molar-refractivity contribution in [3.63, 3.8) is 0 Å². The first kappa shape index (κ1) is 9.43. The van der Waals surface area contributed by atoms with Crippen LogP contribution in [0.2, 0.25) is 10.3 Å². The van der Waals surface area contributed by atoms with E-state index in [-0.39, 0.29) is 0 Å². The molecule has 0 aromatic carbocycles. The number of nitrogens with zero attached hydrogens (tertiary/aromatic N) is 2. The lowest BCUT2D eigenvalue weighted by molar-refractivity contribution is 1.28. The third-order valence-corrected chi connectivity index (χ3v) is 2.68. The standard InChI is InChI=1S/C8H3Cl2IN2/c9-6-1-4-2-7(11)12-3-5(4)8(10)13-6/h1-3H. The Hall–Kier alpha value is -0.130. The van der Waals surface area contributed by atoms with Gasteiger partial charge in [-0.25, -0.2) is 9.97 Å². The summed E-state index contributed by atoms with van der Waals surface area (Å²) >= 11 is 13.8. The number of hydrogen-bond donors (Lipinski definition) is 0. The van der Waals surface area contributed by atoms with Crippen LogP contribution in [0.4, 0.5) is 0 Å². The lowest BCUT2D eigenvalue weighted by Gasteiger charge is -2.00. The molecule has 0 aliphatic heterocycles. The summed E-state index contributed by atoms with van der Waals surface area (Å²) in [7, 11) is 0. The molecular weight excluding hydrogens is 322 g/mol. The first-order valence-electron chi connectivity index (χ1n) is 3.44. The third-order valence-electron chi connectivity index (χ3n) is 1.60. The highest BCUT2D eigenvalue weighted by molar-refractivity contribution is 14.1. The lowest BCUT2D eigenvalue weighted by atomic mass is 10.2. The van der Waals surface area contributed by atoms with Crippen LogP contribution >= 0.6 is 45.8 Å². The first-order valence-corrected chi connectivity index (χ1v) is 5.27. The second-order valence-electron chi connectivity index (χ2n) is 2.46. The highest BCUT2D eigenvalue weighted by atomic mass is 127. The molecule has 0 spiro atoms. The van der Waals surface area contributed by atoms with Crippen molar-refractivity contribution in [1.29, 1.82) is 0 Å². The van der Waals surface area contributed by atoms with Crippen molar-refractivity contribution in [2.24, 2.45) is 0 Å². The van der Waals surface area contributed by atoms with Crippen molar-refractivity contribution >= 4 is 56.6 Å². The van der Waals surface area contributed by atoms with Crippen molar-refractivity contribution in [2.75, 3.05) is 0 Å². The number of aromatic nitrogens is 2. The van der Waals surface area contributed by atoms with Crippen LogP contribution in [0.15, 0.2) is 18.3 Å². The third kappa shape index (κ3) is 1.87. The molecule has 0 bridgehead atoms. The summed E-state index contributed by atoms with van der Waals surface area (Å²) in [4.78, 5) is 8.04. The van der Waals surface area contributed by atoms with Crippen molar-refractivity contribution in [2.45, 2.75) is 0 Å². The summed E-state index contributed by atoms with van der Waals surface area (Å²) < 4.78 is 0.906. The zero-order chi connectivity index (χ0) is 9.42. The minimum Gasteiger partial charge on any atom is -0.250 e. The van der Waals surface area contributed by atoms with Gasteiger partial charge in [0, 0.05) is 11.6 Å². The predicted octanol–water partition coefficient (Wildman–Crippen LogP) is 3.54. The van der Waals surface area contributed by atoms with Gasteiger partial charge in [-0.2, -0.15) is 0 Å². The second kappa shape index (κ2) is 3.55. The first-order chi connectivity index (χ1) is 6.16. The largest absolute Gasteiger partial charge is 0.250 e. The highest BCUT2D eigenvalue weighted by Gasteiger charge is 2.03. The van der Waals surface area contributed by atoms with E-state index in [2.05, 4.69) is 32.6 Å². The van der Waals surface area contributed by atoms with Crippen LogP contribution in [0.3, 0.4) is 0 Å². The molecule has 0 saturated heterocycles. The van der Waals surface area contributed by atoms with Gasteiger partial charge >= 0.3 is 0 Å². The Bertz CT molecular complexity index is 468. The summed E-state index contributed by atoms with van der Waals surface area (Å²) in [5.41, 5.74) is 0. The quantitative estimate of drug-likeness (QED) is 0.547. The number of pyridine rings is 2. The van der Waals surface area contributed by atoms with Gasteiger partial charge < -0.3 is 0 Å². The van der Waals surface area contributed by atoms with Crippen LogP contribution in [-0.4, -0.2) is 9.97 Å². The molecule has 5 heteroatoms. The van der Waals surface area contributed by atoms with Gasteiger partial charge in [0.2, 0.25) is 0 Å². The number of halogens is 3. The Kier molecular flexibility index (Phi) is 2.58. The fourth-order valence-electron chi connectivity index (χ4n) is 1.05. The van der Waals surface area contributed by atoms with Gasteiger partial charge in [0.25, 0.3) is 0 Å². The number of rotatable bonds is 0. The van der Waals surface area contributed by atoms with Gasteiger partial charge in [0.05, 0.1) is 0 Å². The van der Waals surface area contributed by atoms with Gasteiger partial charge in [-0.05, 0) is 40.1 Å². The molecule has 0 saturated carbocycles. The van der Waals surface area contributed by atoms with Crippen LogP contribution in [0.25, 0.3) is 10.8 Å². The van der Waals surface area contributed by atoms with Gasteiger partial charge in [-0.15, -0.1) is 0 Å². The van der Waals surface area contributed by atoms with Crippen molar-refractivity contribution in [3.8, 4) is 0 Å². The maximum absolute atomic E-state index is 5.88. The van der Waals surface area contributed by atoms with Crippen LogP contribution < -0.4 is 0 Å². The molecule has 2 aromatic rings. The zero-order valence-electron chi connectivity index (χ0n) is 6.26. The Labute approximate surface area is 98.4 Å². The van der Waals surface area contributed by atoms with E-state index >= 15 is 0 Å². The summed E-state index contributed by atoms with van der Waals surface area (Å²) in [6, 6.07) is 3.68. The second-order valence-corrected chi connectivity index (χ2v) is 4.31. The zero-order valence-corrected chi connectivity index (χ0v) is 9.93. The minimum atomic E-state index is 0.395. The molecule has 2 heterocycles. The van der Waals surface area contributed by atoms with Crippen LogP contribution in [0, 0.1) is 3.70 Å². The SMILES string of the molecule is Clc1cc2cc(I)ncc2c(Cl)n1. The Morgan fingerprint density at radius 2 is 2.00 bits per heavy atom. The Morgan fingerprint density at radius 1 is 1.23 bits per heavy atom. The molecule has 0 unspecified atom stereocenters. The van der Waals surface area contributed by atoms with Crippen molar-refractivity contribution in [1.82, 2.24) is 9.97 Å². The number of fused-ring (bicyclic) bond motifs is 1. The van der Waals surface area contributed by atoms with Crippen molar-refractivity contribution < 1.29 is 0 Å². The Balaban J connectivity index is 2.86. The molecular formula is C8H3Cl2IN2. The maximum atomic E-state index is 5.88. The van der Waals surface area contributed by atoms with Crippen LogP contribution in [0.5, 0.6) is 0 Å². The highest BCUT2D eigenvalue weighted by Crippen LogP contribution is 2.24. The smallest absolute Gasteiger partial charge is 0.140 e. The summed E-state index contributed by atoms with van der Waals surface area (Å²) in [6.07, 6.45) is 1.70. The molecule has 0 aliphatic rings. The van der Waals surface area contributed by atoms with Crippen LogP contribution in [-0.2, 0) is 0 Å². The predicted molar refractivity (Wildman–Crippen MR) is 62.3 cm³/mol. The van der Waals surface area contributed by atoms with E-state index in [0.717, 1.165) is 14.5 Å².